The fourth-order valence-corrected chi connectivity index (χ4v) is 2.12. The summed E-state index contributed by atoms with van der Waals surface area (Å²) in [4.78, 5) is 6.49. The van der Waals surface area contributed by atoms with Crippen molar-refractivity contribution in [1.82, 2.24) is 14.5 Å². The lowest BCUT2D eigenvalue weighted by Gasteiger charge is -2.28. The molecule has 0 fully saturated rings. The molecule has 1 heterocycles. The van der Waals surface area contributed by atoms with Crippen LogP contribution in [0.15, 0.2) is 12.5 Å². The molecule has 0 saturated carbocycles. The molecule has 0 saturated heterocycles. The highest BCUT2D eigenvalue weighted by Crippen LogP contribution is 2.20. The van der Waals surface area contributed by atoms with Crippen LogP contribution in [-0.2, 0) is 4.74 Å². The largest absolute Gasteiger partial charge is 0.377 e. The topological polar surface area (TPSA) is 56.3 Å². The van der Waals surface area contributed by atoms with Crippen molar-refractivity contribution >= 4 is 0 Å². The third kappa shape index (κ3) is 4.60. The summed E-state index contributed by atoms with van der Waals surface area (Å²) in [6, 6.07) is 0.576. The number of nitrogens with zero attached hydrogens (tertiary/aromatic N) is 3. The predicted octanol–water partition coefficient (Wildman–Crippen LogP) is 1.82. The molecule has 1 rings (SSSR count). The minimum atomic E-state index is 0.181. The van der Waals surface area contributed by atoms with Gasteiger partial charge in [0, 0.05) is 25.3 Å². The molecule has 1 unspecified atom stereocenters. The van der Waals surface area contributed by atoms with Crippen molar-refractivity contribution in [2.45, 2.75) is 45.9 Å². The van der Waals surface area contributed by atoms with Gasteiger partial charge in [0.2, 0.25) is 0 Å². The Hall–Kier alpha value is -0.910. The minimum absolute atomic E-state index is 0.181. The number of rotatable bonds is 8. The van der Waals surface area contributed by atoms with Gasteiger partial charge in [-0.2, -0.15) is 0 Å². The number of likely N-dealkylation sites (N-methyl/N-ethyl adjacent to an activating group) is 1. The third-order valence-electron chi connectivity index (χ3n) is 3.24. The second-order valence-corrected chi connectivity index (χ2v) is 5.47. The predicted molar refractivity (Wildman–Crippen MR) is 78.1 cm³/mol. The van der Waals surface area contributed by atoms with Gasteiger partial charge in [0.05, 0.1) is 30.8 Å². The molecule has 5 nitrogen and oxygen atoms in total. The zero-order valence-electron chi connectivity index (χ0n) is 12.8. The van der Waals surface area contributed by atoms with Crippen LogP contribution >= 0.6 is 0 Å². The first kappa shape index (κ1) is 16.1. The maximum atomic E-state index is 5.94. The van der Waals surface area contributed by atoms with Crippen LogP contribution in [0.1, 0.15) is 45.5 Å². The molecular formula is C14H28N4O. The quantitative estimate of drug-likeness (QED) is 0.781. The van der Waals surface area contributed by atoms with E-state index < -0.39 is 0 Å². The van der Waals surface area contributed by atoms with Gasteiger partial charge in [-0.1, -0.05) is 0 Å². The average Bonchev–Trinajstić information content (AvgIpc) is 2.78. The van der Waals surface area contributed by atoms with Gasteiger partial charge in [-0.15, -0.1) is 0 Å². The average molecular weight is 268 g/mol. The highest BCUT2D eigenvalue weighted by Gasteiger charge is 2.20. The lowest BCUT2D eigenvalue weighted by Crippen LogP contribution is -2.35. The summed E-state index contributed by atoms with van der Waals surface area (Å²) in [5.74, 6) is 0. The summed E-state index contributed by atoms with van der Waals surface area (Å²) in [6.07, 6.45) is 4.06. The number of imidazole rings is 1. The molecular weight excluding hydrogens is 240 g/mol. The number of nitrogens with two attached hydrogens (primary N) is 1. The van der Waals surface area contributed by atoms with Gasteiger partial charge in [-0.05, 0) is 34.7 Å². The van der Waals surface area contributed by atoms with Crippen molar-refractivity contribution < 1.29 is 4.74 Å². The zero-order valence-corrected chi connectivity index (χ0v) is 12.8. The standard InChI is InChI=1S/C14H28N4O/c1-11(2)18-10-16-9-14(18)13(8-15)17(5)6-7-19-12(3)4/h9-13H,6-8,15H2,1-5H3. The van der Waals surface area contributed by atoms with Gasteiger partial charge >= 0.3 is 0 Å². The van der Waals surface area contributed by atoms with Gasteiger partial charge in [-0.3, -0.25) is 4.90 Å². The van der Waals surface area contributed by atoms with E-state index in [-0.39, 0.29) is 12.1 Å². The summed E-state index contributed by atoms with van der Waals surface area (Å²) in [6.45, 7) is 10.6. The van der Waals surface area contributed by atoms with Crippen LogP contribution in [0.3, 0.4) is 0 Å². The minimum Gasteiger partial charge on any atom is -0.377 e. The van der Waals surface area contributed by atoms with Crippen LogP contribution < -0.4 is 5.73 Å². The SMILES string of the molecule is CC(C)OCCN(C)C(CN)c1cncn1C(C)C. The van der Waals surface area contributed by atoms with Crippen LogP contribution in [0.25, 0.3) is 0 Å². The van der Waals surface area contributed by atoms with Crippen molar-refractivity contribution in [3.05, 3.63) is 18.2 Å². The summed E-state index contributed by atoms with van der Waals surface area (Å²) in [7, 11) is 2.08. The number of hydrogen-bond donors (Lipinski definition) is 1. The van der Waals surface area contributed by atoms with E-state index in [9.17, 15) is 0 Å². The van der Waals surface area contributed by atoms with Crippen LogP contribution in [0.4, 0.5) is 0 Å². The maximum Gasteiger partial charge on any atom is 0.0951 e. The summed E-state index contributed by atoms with van der Waals surface area (Å²) in [5, 5.41) is 0. The first-order chi connectivity index (χ1) is 8.97. The fraction of sp³-hybridized carbons (Fsp3) is 0.786. The van der Waals surface area contributed by atoms with E-state index in [0.717, 1.165) is 13.2 Å². The molecule has 1 aromatic rings. The molecule has 5 heteroatoms. The molecule has 0 bridgehead atoms. The lowest BCUT2D eigenvalue weighted by atomic mass is 10.2. The molecule has 0 radical (unpaired) electrons. The molecule has 1 aromatic heterocycles. The maximum absolute atomic E-state index is 5.94. The molecule has 0 spiro atoms. The van der Waals surface area contributed by atoms with E-state index in [1.54, 1.807) is 0 Å². The van der Waals surface area contributed by atoms with Crippen LogP contribution in [0.5, 0.6) is 0 Å². The van der Waals surface area contributed by atoms with E-state index in [2.05, 4.69) is 35.3 Å². The Morgan fingerprint density at radius 2 is 2.05 bits per heavy atom. The Morgan fingerprint density at radius 3 is 2.58 bits per heavy atom. The Labute approximate surface area is 116 Å². The lowest BCUT2D eigenvalue weighted by molar-refractivity contribution is 0.0556. The van der Waals surface area contributed by atoms with E-state index in [4.69, 9.17) is 10.5 Å². The number of aromatic nitrogens is 2. The van der Waals surface area contributed by atoms with Gasteiger partial charge in [0.1, 0.15) is 0 Å². The summed E-state index contributed by atoms with van der Waals surface area (Å²) < 4.78 is 7.78. The molecule has 0 amide bonds. The first-order valence-electron chi connectivity index (χ1n) is 7.01. The van der Waals surface area contributed by atoms with Crippen molar-refractivity contribution in [2.24, 2.45) is 5.73 Å². The van der Waals surface area contributed by atoms with E-state index >= 15 is 0 Å². The van der Waals surface area contributed by atoms with E-state index in [1.807, 2.05) is 26.4 Å². The van der Waals surface area contributed by atoms with Crippen LogP contribution in [0, 0.1) is 0 Å². The smallest absolute Gasteiger partial charge is 0.0951 e. The molecule has 0 aromatic carbocycles. The van der Waals surface area contributed by atoms with E-state index in [0.29, 0.717) is 12.6 Å². The Morgan fingerprint density at radius 1 is 1.37 bits per heavy atom. The summed E-state index contributed by atoms with van der Waals surface area (Å²) >= 11 is 0. The molecule has 19 heavy (non-hydrogen) atoms. The zero-order chi connectivity index (χ0) is 14.4. The van der Waals surface area contributed by atoms with Crippen LogP contribution in [0.2, 0.25) is 0 Å². The van der Waals surface area contributed by atoms with Gasteiger partial charge in [0.15, 0.2) is 0 Å². The van der Waals surface area contributed by atoms with Crippen molar-refractivity contribution in [3.8, 4) is 0 Å². The number of hydrogen-bond acceptors (Lipinski definition) is 4. The molecule has 0 aliphatic carbocycles. The molecule has 110 valence electrons. The Bertz CT molecular complexity index is 362. The Balaban J connectivity index is 2.68. The van der Waals surface area contributed by atoms with Crippen LogP contribution in [-0.4, -0.2) is 47.3 Å². The fourth-order valence-electron chi connectivity index (χ4n) is 2.12. The van der Waals surface area contributed by atoms with Crippen molar-refractivity contribution in [3.63, 3.8) is 0 Å². The molecule has 0 aliphatic rings. The second-order valence-electron chi connectivity index (χ2n) is 5.47. The first-order valence-corrected chi connectivity index (χ1v) is 7.01. The van der Waals surface area contributed by atoms with Gasteiger partial charge in [0.25, 0.3) is 0 Å². The monoisotopic (exact) mass is 268 g/mol. The normalized spacial score (nSPS) is 13.7. The summed E-state index contributed by atoms with van der Waals surface area (Å²) in [5.41, 5.74) is 7.11. The third-order valence-corrected chi connectivity index (χ3v) is 3.24. The second kappa shape index (κ2) is 7.62. The van der Waals surface area contributed by atoms with E-state index in [1.165, 1.54) is 5.69 Å². The van der Waals surface area contributed by atoms with Gasteiger partial charge < -0.3 is 15.0 Å². The molecule has 1 atom stereocenters. The van der Waals surface area contributed by atoms with Crippen molar-refractivity contribution in [2.75, 3.05) is 26.7 Å². The molecule has 2 N–H and O–H groups in total. The van der Waals surface area contributed by atoms with Gasteiger partial charge in [-0.25, -0.2) is 4.98 Å². The molecule has 0 aliphatic heterocycles. The van der Waals surface area contributed by atoms with Crippen molar-refractivity contribution in [1.29, 1.82) is 0 Å². The highest BCUT2D eigenvalue weighted by atomic mass is 16.5. The number of ether oxygens (including phenoxy) is 1. The highest BCUT2D eigenvalue weighted by molar-refractivity contribution is 5.07. The Kier molecular flexibility index (Phi) is 6.48.